The second kappa shape index (κ2) is 6.75. The molecule has 0 aliphatic carbocycles. The zero-order valence-corrected chi connectivity index (χ0v) is 13.9. The van der Waals surface area contributed by atoms with Crippen LogP contribution >= 0.6 is 0 Å². The van der Waals surface area contributed by atoms with Crippen LogP contribution in [0.4, 0.5) is 0 Å². The molecule has 0 saturated heterocycles. The predicted octanol–water partition coefficient (Wildman–Crippen LogP) is -1.48. The number of halogens is 1. The molecule has 1 N–H and O–H groups in total. The van der Waals surface area contributed by atoms with E-state index in [0.717, 1.165) is 33.5 Å². The Balaban J connectivity index is 0.000000324. The van der Waals surface area contributed by atoms with E-state index in [1.54, 1.807) is 0 Å². The number of hydrogen-bond acceptors (Lipinski definition) is 5. The molecule has 0 aliphatic heterocycles. The summed E-state index contributed by atoms with van der Waals surface area (Å²) in [5.41, 5.74) is 5.37. The minimum atomic E-state index is -4.94. The molecule has 0 fully saturated rings. The van der Waals surface area contributed by atoms with Crippen LogP contribution in [0.1, 0.15) is 5.69 Å². The summed E-state index contributed by atoms with van der Waals surface area (Å²) >= 11 is 0. The van der Waals surface area contributed by atoms with Crippen LogP contribution in [-0.4, -0.2) is 10.1 Å². The molecule has 0 atom stereocenters. The molecule has 2 aromatic carbocycles. The lowest BCUT2D eigenvalue weighted by molar-refractivity contribution is -2.00. The monoisotopic (exact) mass is 359 g/mol. The Labute approximate surface area is 145 Å². The van der Waals surface area contributed by atoms with Crippen molar-refractivity contribution in [3.05, 3.63) is 66.4 Å². The number of hydrogen-bond donors (Lipinski definition) is 1. The van der Waals surface area contributed by atoms with Gasteiger partial charge in [0.1, 0.15) is 5.69 Å². The summed E-state index contributed by atoms with van der Waals surface area (Å²) in [6.07, 6.45) is 0. The molecular formula is C17H14ClN3O4. The third-order valence-electron chi connectivity index (χ3n) is 3.61. The van der Waals surface area contributed by atoms with Gasteiger partial charge in [-0.15, -0.1) is 14.8 Å². The first kappa shape index (κ1) is 17.3. The molecular weight excluding hydrogens is 346 g/mol. The second-order valence-electron chi connectivity index (χ2n) is 5.34. The molecule has 0 spiro atoms. The van der Waals surface area contributed by atoms with Crippen molar-refractivity contribution in [2.24, 2.45) is 0 Å². The lowest BCUT2D eigenvalue weighted by atomic mass is 10.1. The molecule has 0 amide bonds. The third-order valence-corrected chi connectivity index (χ3v) is 3.61. The molecule has 128 valence electrons. The number of aromatic nitrogens is 3. The van der Waals surface area contributed by atoms with E-state index >= 15 is 0 Å². The fourth-order valence-electron chi connectivity index (χ4n) is 2.60. The molecule has 0 aliphatic rings. The number of para-hydroxylation sites is 1. The fourth-order valence-corrected chi connectivity index (χ4v) is 2.60. The van der Waals surface area contributed by atoms with Crippen molar-refractivity contribution in [2.45, 2.75) is 6.92 Å². The first-order valence-electron chi connectivity index (χ1n) is 7.30. The van der Waals surface area contributed by atoms with E-state index < -0.39 is 10.2 Å². The summed E-state index contributed by atoms with van der Waals surface area (Å²) in [5, 5.41) is 4.53. The van der Waals surface area contributed by atoms with Crippen LogP contribution in [0.3, 0.4) is 0 Å². The maximum atomic E-state index is 8.49. The average molecular weight is 360 g/mol. The van der Waals surface area contributed by atoms with Gasteiger partial charge < -0.3 is 0 Å². The molecule has 8 heteroatoms. The van der Waals surface area contributed by atoms with E-state index in [1.807, 2.05) is 34.8 Å². The van der Waals surface area contributed by atoms with Gasteiger partial charge in [-0.25, -0.2) is 23.7 Å². The highest BCUT2D eigenvalue weighted by molar-refractivity contribution is 5.89. The first-order chi connectivity index (χ1) is 11.8. The average Bonchev–Trinajstić information content (AvgIpc) is 2.94. The van der Waals surface area contributed by atoms with Crippen molar-refractivity contribution in [1.82, 2.24) is 10.1 Å². The van der Waals surface area contributed by atoms with Gasteiger partial charge in [0.25, 0.3) is 0 Å². The lowest BCUT2D eigenvalue weighted by Gasteiger charge is -2.17. The minimum Gasteiger partial charge on any atom is -0.223 e. The van der Waals surface area contributed by atoms with Crippen LogP contribution in [0.15, 0.2) is 60.7 Å². The minimum absolute atomic E-state index is 0.972. The van der Waals surface area contributed by atoms with Crippen LogP contribution in [0.2, 0.25) is 0 Å². The van der Waals surface area contributed by atoms with E-state index in [1.165, 1.54) is 0 Å². The molecule has 0 saturated carbocycles. The summed E-state index contributed by atoms with van der Waals surface area (Å²) in [6.45, 7) is 2.09. The fraction of sp³-hybridized carbons (Fsp3) is 0.0588. The zero-order chi connectivity index (χ0) is 18.0. The Morgan fingerprint density at radius 3 is 2.20 bits per heavy atom. The SMILES string of the molecule is Cc1cc(-c2ccccc2)nc2c3ccccc3[nH][n+]12.[O-][Cl+3]([O-])([O-])[O-]. The largest absolute Gasteiger partial charge is 0.356 e. The Kier molecular flexibility index (Phi) is 4.67. The number of H-pyrrole nitrogens is 1. The Morgan fingerprint density at radius 2 is 1.52 bits per heavy atom. The third kappa shape index (κ3) is 4.11. The van der Waals surface area contributed by atoms with Gasteiger partial charge in [-0.05, 0) is 17.1 Å². The number of benzene rings is 2. The van der Waals surface area contributed by atoms with Crippen molar-refractivity contribution < 1.29 is 33.4 Å². The Hall–Kier alpha value is -2.55. The number of aromatic amines is 1. The number of rotatable bonds is 1. The van der Waals surface area contributed by atoms with Gasteiger partial charge in [-0.2, -0.15) is 0 Å². The maximum absolute atomic E-state index is 8.49. The summed E-state index contributed by atoms with van der Waals surface area (Å²) in [5.74, 6) is 0. The second-order valence-corrected chi connectivity index (χ2v) is 6.10. The van der Waals surface area contributed by atoms with Crippen molar-refractivity contribution in [2.75, 3.05) is 0 Å². The van der Waals surface area contributed by atoms with Gasteiger partial charge in [0.15, 0.2) is 5.69 Å². The van der Waals surface area contributed by atoms with E-state index in [4.69, 9.17) is 23.6 Å². The molecule has 2 aromatic heterocycles. The topological polar surface area (TPSA) is 125 Å². The molecule has 7 nitrogen and oxygen atoms in total. The van der Waals surface area contributed by atoms with Crippen molar-refractivity contribution in [3.8, 4) is 11.3 Å². The van der Waals surface area contributed by atoms with Crippen LogP contribution in [0.5, 0.6) is 0 Å². The van der Waals surface area contributed by atoms with E-state index in [0.29, 0.717) is 0 Å². The van der Waals surface area contributed by atoms with Crippen molar-refractivity contribution in [3.63, 3.8) is 0 Å². The standard InChI is InChI=1S/C17H13N3.ClHO4/c1-12-11-16(13-7-3-2-4-8-13)18-17-14-9-5-6-10-15(14)19-20(12)17;2-1(3,4)5/h2-11H,1H3;(H,2,3,4,5). The molecule has 4 aromatic rings. The van der Waals surface area contributed by atoms with E-state index in [2.05, 4.69) is 42.4 Å². The highest BCUT2D eigenvalue weighted by Gasteiger charge is 2.18. The molecule has 2 heterocycles. The van der Waals surface area contributed by atoms with Gasteiger partial charge in [0.2, 0.25) is 0 Å². The van der Waals surface area contributed by atoms with Crippen LogP contribution in [0.25, 0.3) is 27.8 Å². The quantitative estimate of drug-likeness (QED) is 0.415. The van der Waals surface area contributed by atoms with Gasteiger partial charge >= 0.3 is 5.65 Å². The van der Waals surface area contributed by atoms with Crippen LogP contribution in [0, 0.1) is 17.2 Å². The zero-order valence-electron chi connectivity index (χ0n) is 13.2. The van der Waals surface area contributed by atoms with Gasteiger partial charge in [0.05, 0.1) is 10.9 Å². The summed E-state index contributed by atoms with van der Waals surface area (Å²) in [7, 11) is -4.94. The van der Waals surface area contributed by atoms with Gasteiger partial charge in [-0.1, -0.05) is 42.5 Å². The lowest BCUT2D eigenvalue weighted by Crippen LogP contribution is -2.68. The number of fused-ring (bicyclic) bond motifs is 3. The Bertz CT molecular complexity index is 1010. The van der Waals surface area contributed by atoms with Crippen LogP contribution < -0.4 is 23.2 Å². The molecule has 0 unspecified atom stereocenters. The maximum Gasteiger partial charge on any atom is 0.356 e. The van der Waals surface area contributed by atoms with Gasteiger partial charge in [0, 0.05) is 18.6 Å². The molecule has 4 rings (SSSR count). The number of nitrogens with zero attached hydrogens (tertiary/aromatic N) is 2. The van der Waals surface area contributed by atoms with Gasteiger partial charge in [-0.3, -0.25) is 0 Å². The highest BCUT2D eigenvalue weighted by atomic mass is 35.7. The summed E-state index contributed by atoms with van der Waals surface area (Å²) in [6, 6.07) is 20.6. The normalized spacial score (nSPS) is 11.4. The number of aryl methyl sites for hydroxylation is 1. The van der Waals surface area contributed by atoms with Crippen molar-refractivity contribution >= 4 is 16.6 Å². The molecule has 0 radical (unpaired) electrons. The first-order valence-corrected chi connectivity index (χ1v) is 8.54. The molecule has 0 bridgehead atoms. The smallest absolute Gasteiger partial charge is 0.223 e. The van der Waals surface area contributed by atoms with E-state index in [9.17, 15) is 0 Å². The van der Waals surface area contributed by atoms with E-state index in [-0.39, 0.29) is 0 Å². The number of nitrogens with one attached hydrogen (secondary N) is 1. The van der Waals surface area contributed by atoms with Crippen LogP contribution in [-0.2, 0) is 0 Å². The predicted molar refractivity (Wildman–Crippen MR) is 79.4 cm³/mol. The summed E-state index contributed by atoms with van der Waals surface area (Å²) < 4.78 is 36.0. The van der Waals surface area contributed by atoms with Crippen molar-refractivity contribution in [1.29, 1.82) is 0 Å². The summed E-state index contributed by atoms with van der Waals surface area (Å²) in [4.78, 5) is 4.83. The molecule has 25 heavy (non-hydrogen) atoms. The highest BCUT2D eigenvalue weighted by Crippen LogP contribution is 2.20. The Morgan fingerprint density at radius 1 is 0.920 bits per heavy atom.